The first kappa shape index (κ1) is 18.3. The lowest BCUT2D eigenvalue weighted by molar-refractivity contribution is -0.155. The van der Waals surface area contributed by atoms with Crippen molar-refractivity contribution >= 4 is 5.91 Å². The second-order valence-corrected chi connectivity index (χ2v) is 6.88. The lowest BCUT2D eigenvalue weighted by Crippen LogP contribution is -2.35. The van der Waals surface area contributed by atoms with Crippen LogP contribution in [0.1, 0.15) is 51.4 Å². The summed E-state index contributed by atoms with van der Waals surface area (Å²) in [6, 6.07) is 0. The Kier molecular flexibility index (Phi) is 7.37. The van der Waals surface area contributed by atoms with Gasteiger partial charge >= 0.3 is 0 Å². The third kappa shape index (κ3) is 5.50. The summed E-state index contributed by atoms with van der Waals surface area (Å²) >= 11 is 0. The van der Waals surface area contributed by atoms with Crippen LogP contribution in [0.2, 0.25) is 0 Å². The predicted molar refractivity (Wildman–Crippen MR) is 88.6 cm³/mol. The number of hydrogen-bond donors (Lipinski definition) is 1. The first-order valence-electron chi connectivity index (χ1n) is 8.94. The van der Waals surface area contributed by atoms with Crippen LogP contribution in [0.15, 0.2) is 11.8 Å². The smallest absolute Gasteiger partial charge is 0.288 e. The third-order valence-corrected chi connectivity index (χ3v) is 4.82. The van der Waals surface area contributed by atoms with E-state index in [-0.39, 0.29) is 18.8 Å². The molecule has 0 saturated heterocycles. The Morgan fingerprint density at radius 1 is 1.30 bits per heavy atom. The fourth-order valence-corrected chi connectivity index (χ4v) is 3.48. The van der Waals surface area contributed by atoms with Crippen LogP contribution in [-0.4, -0.2) is 49.5 Å². The Morgan fingerprint density at radius 2 is 2.04 bits per heavy atom. The Morgan fingerprint density at radius 3 is 2.70 bits per heavy atom. The molecule has 1 fully saturated rings. The molecule has 1 heterocycles. The maximum atomic E-state index is 12.3. The number of unbranched alkanes of at least 4 members (excludes halogenated alkanes) is 1. The zero-order chi connectivity index (χ0) is 16.7. The van der Waals surface area contributed by atoms with Crippen LogP contribution in [0.4, 0.5) is 0 Å². The predicted octanol–water partition coefficient (Wildman–Crippen LogP) is 2.69. The van der Waals surface area contributed by atoms with E-state index >= 15 is 0 Å². The van der Waals surface area contributed by atoms with Crippen molar-refractivity contribution in [1.82, 2.24) is 4.90 Å². The topological polar surface area (TPSA) is 59.0 Å². The number of likely N-dealkylation sites (N-methyl/N-ethyl adjacent to an activating group) is 1. The van der Waals surface area contributed by atoms with Crippen LogP contribution in [0.25, 0.3) is 0 Å². The van der Waals surface area contributed by atoms with Gasteiger partial charge in [0.1, 0.15) is 0 Å². The van der Waals surface area contributed by atoms with Crippen LogP contribution in [0.3, 0.4) is 0 Å². The molecule has 5 nitrogen and oxygen atoms in total. The number of amides is 1. The number of rotatable bonds is 7. The molecule has 0 aromatic rings. The van der Waals surface area contributed by atoms with Crippen molar-refractivity contribution in [2.24, 2.45) is 11.8 Å². The Bertz CT molecular complexity index is 402. The second kappa shape index (κ2) is 9.28. The molecule has 0 aromatic carbocycles. The molecule has 1 N–H and O–H groups in total. The molecule has 1 amide bonds. The van der Waals surface area contributed by atoms with Gasteiger partial charge in [-0.05, 0) is 43.6 Å². The van der Waals surface area contributed by atoms with Crippen molar-refractivity contribution < 1.29 is 19.4 Å². The summed E-state index contributed by atoms with van der Waals surface area (Å²) in [5, 5.41) is 8.85. The molecule has 0 aromatic heterocycles. The first-order valence-corrected chi connectivity index (χ1v) is 8.94. The highest BCUT2D eigenvalue weighted by atomic mass is 16.7. The number of nitrogens with zero attached hydrogens (tertiary/aromatic N) is 1. The molecule has 1 aliphatic heterocycles. The Balaban J connectivity index is 2.00. The van der Waals surface area contributed by atoms with E-state index in [4.69, 9.17) is 14.6 Å². The van der Waals surface area contributed by atoms with Crippen LogP contribution in [0, 0.1) is 11.8 Å². The van der Waals surface area contributed by atoms with E-state index in [1.165, 1.54) is 32.1 Å². The van der Waals surface area contributed by atoms with Gasteiger partial charge in [-0.1, -0.05) is 19.3 Å². The van der Waals surface area contributed by atoms with Gasteiger partial charge in [0.15, 0.2) is 5.76 Å². The lowest BCUT2D eigenvalue weighted by atomic mass is 9.77. The van der Waals surface area contributed by atoms with Gasteiger partial charge in [-0.15, -0.1) is 0 Å². The summed E-state index contributed by atoms with van der Waals surface area (Å²) in [7, 11) is 3.49. The number of aliphatic hydroxyl groups is 1. The molecule has 1 saturated carbocycles. The van der Waals surface area contributed by atoms with Crippen LogP contribution < -0.4 is 0 Å². The zero-order valence-electron chi connectivity index (χ0n) is 14.5. The SMILES string of the molecule is CN(C)C(=O)C1=C[C@H](C2CCCCC2)C[C@H](OCCCCO)O1. The van der Waals surface area contributed by atoms with Gasteiger partial charge in [0.25, 0.3) is 5.91 Å². The maximum Gasteiger partial charge on any atom is 0.288 e. The lowest BCUT2D eigenvalue weighted by Gasteiger charge is -2.35. The normalized spacial score (nSPS) is 25.6. The molecule has 2 rings (SSSR count). The molecule has 2 aliphatic rings. The van der Waals surface area contributed by atoms with Gasteiger partial charge in [0.05, 0.1) is 6.61 Å². The molecule has 1 aliphatic carbocycles. The minimum Gasteiger partial charge on any atom is -0.459 e. The van der Waals surface area contributed by atoms with E-state index < -0.39 is 0 Å². The van der Waals surface area contributed by atoms with Crippen molar-refractivity contribution in [2.75, 3.05) is 27.3 Å². The minimum absolute atomic E-state index is 0.0885. The van der Waals surface area contributed by atoms with E-state index in [1.54, 1.807) is 19.0 Å². The maximum absolute atomic E-state index is 12.3. The van der Waals surface area contributed by atoms with Crippen LogP contribution in [-0.2, 0) is 14.3 Å². The van der Waals surface area contributed by atoms with Crippen LogP contribution >= 0.6 is 0 Å². The van der Waals surface area contributed by atoms with E-state index in [2.05, 4.69) is 0 Å². The van der Waals surface area contributed by atoms with Crippen molar-refractivity contribution in [3.8, 4) is 0 Å². The number of aliphatic hydroxyl groups excluding tert-OH is 1. The molecule has 0 spiro atoms. The van der Waals surface area contributed by atoms with Crippen molar-refractivity contribution in [3.05, 3.63) is 11.8 Å². The Labute approximate surface area is 139 Å². The average molecular weight is 325 g/mol. The molecular weight excluding hydrogens is 294 g/mol. The number of carbonyl (C=O) groups excluding carboxylic acids is 1. The minimum atomic E-state index is -0.343. The largest absolute Gasteiger partial charge is 0.459 e. The molecule has 0 unspecified atom stereocenters. The molecular formula is C18H31NO4. The highest BCUT2D eigenvalue weighted by molar-refractivity contribution is 5.91. The second-order valence-electron chi connectivity index (χ2n) is 6.88. The van der Waals surface area contributed by atoms with Crippen molar-refractivity contribution in [1.29, 1.82) is 0 Å². The van der Waals surface area contributed by atoms with Gasteiger partial charge in [-0.3, -0.25) is 4.79 Å². The molecule has 0 radical (unpaired) electrons. The van der Waals surface area contributed by atoms with E-state index in [0.29, 0.717) is 24.2 Å². The van der Waals surface area contributed by atoms with Crippen molar-refractivity contribution in [3.63, 3.8) is 0 Å². The monoisotopic (exact) mass is 325 g/mol. The molecule has 0 bridgehead atoms. The fourth-order valence-electron chi connectivity index (χ4n) is 3.48. The van der Waals surface area contributed by atoms with Gasteiger partial charge in [-0.25, -0.2) is 0 Å². The zero-order valence-corrected chi connectivity index (χ0v) is 14.5. The third-order valence-electron chi connectivity index (χ3n) is 4.82. The summed E-state index contributed by atoms with van der Waals surface area (Å²) in [4.78, 5) is 13.8. The van der Waals surface area contributed by atoms with E-state index in [9.17, 15) is 4.79 Å². The van der Waals surface area contributed by atoms with Gasteiger partial charge in [-0.2, -0.15) is 0 Å². The highest BCUT2D eigenvalue weighted by Crippen LogP contribution is 2.37. The molecule has 132 valence electrons. The number of ether oxygens (including phenoxy) is 2. The average Bonchev–Trinajstić information content (AvgIpc) is 2.58. The van der Waals surface area contributed by atoms with Crippen molar-refractivity contribution in [2.45, 2.75) is 57.7 Å². The molecule has 5 heteroatoms. The van der Waals surface area contributed by atoms with Crippen LogP contribution in [0.5, 0.6) is 0 Å². The summed E-state index contributed by atoms with van der Waals surface area (Å²) in [6.45, 7) is 0.746. The summed E-state index contributed by atoms with van der Waals surface area (Å²) in [6.07, 6.45) is 10.4. The van der Waals surface area contributed by atoms with E-state index in [1.807, 2.05) is 6.08 Å². The standard InChI is InChI=1S/C18H31NO4/c1-19(2)18(21)16-12-15(14-8-4-3-5-9-14)13-17(23-16)22-11-7-6-10-20/h12,14-15,17,20H,3-11,13H2,1-2H3/t15-,17+/m0/s1. The number of allylic oxidation sites excluding steroid dienone is 1. The quantitative estimate of drug-likeness (QED) is 0.731. The summed E-state index contributed by atoms with van der Waals surface area (Å²) in [5.74, 6) is 1.35. The Hall–Kier alpha value is -1.07. The molecule has 2 atom stereocenters. The summed E-state index contributed by atoms with van der Waals surface area (Å²) < 4.78 is 11.6. The van der Waals surface area contributed by atoms with Gasteiger partial charge < -0.3 is 19.5 Å². The first-order chi connectivity index (χ1) is 11.1. The number of hydrogen-bond acceptors (Lipinski definition) is 4. The van der Waals surface area contributed by atoms with Gasteiger partial charge in [0, 0.05) is 27.1 Å². The van der Waals surface area contributed by atoms with Gasteiger partial charge in [0.2, 0.25) is 6.29 Å². The fraction of sp³-hybridized carbons (Fsp3) is 0.833. The molecule has 23 heavy (non-hydrogen) atoms. The summed E-state index contributed by atoms with van der Waals surface area (Å²) in [5.41, 5.74) is 0. The van der Waals surface area contributed by atoms with E-state index in [0.717, 1.165) is 19.3 Å². The number of carbonyl (C=O) groups is 1. The highest BCUT2D eigenvalue weighted by Gasteiger charge is 2.33.